The van der Waals surface area contributed by atoms with E-state index in [0.717, 1.165) is 84.4 Å². The van der Waals surface area contributed by atoms with E-state index in [1.165, 1.54) is 5.56 Å². The Balaban J connectivity index is 0.00000336. The molecule has 4 saturated heterocycles. The van der Waals surface area contributed by atoms with Crippen LogP contribution in [0.5, 0.6) is 0 Å². The quantitative estimate of drug-likeness (QED) is 0.180. The van der Waals surface area contributed by atoms with Gasteiger partial charge in [-0.05, 0) is 38.2 Å². The molecule has 0 unspecified atom stereocenters. The van der Waals surface area contributed by atoms with E-state index >= 15 is 0 Å². The molecule has 4 fully saturated rings. The van der Waals surface area contributed by atoms with Gasteiger partial charge >= 0.3 is 0 Å². The number of nitrogens with zero attached hydrogens (tertiary/aromatic N) is 8. The van der Waals surface area contributed by atoms with Crippen molar-refractivity contribution in [3.8, 4) is 22.5 Å². The van der Waals surface area contributed by atoms with E-state index in [9.17, 15) is 0 Å². The van der Waals surface area contributed by atoms with E-state index in [0.29, 0.717) is 5.82 Å². The van der Waals surface area contributed by atoms with Crippen molar-refractivity contribution in [2.24, 2.45) is 0 Å². The van der Waals surface area contributed by atoms with Gasteiger partial charge in [-0.25, -0.2) is 19.4 Å². The molecule has 0 atom stereocenters. The maximum absolute atomic E-state index is 4.79. The van der Waals surface area contributed by atoms with Gasteiger partial charge in [-0.2, -0.15) is 0 Å². The highest BCUT2D eigenvalue weighted by atomic mass is 79.9. The number of aromatic nitrogens is 4. The number of quaternary nitrogens is 1. The molecule has 4 bridgehead atoms. The van der Waals surface area contributed by atoms with Crippen LogP contribution in [0.25, 0.3) is 22.5 Å². The smallest absolute Gasteiger partial charge is 0.184 e. The molecule has 10 rings (SSSR count). The van der Waals surface area contributed by atoms with Crippen LogP contribution < -0.4 is 17.0 Å². The van der Waals surface area contributed by atoms with Crippen molar-refractivity contribution in [3.63, 3.8) is 0 Å². The van der Waals surface area contributed by atoms with Gasteiger partial charge in [0, 0.05) is 11.1 Å². The molecule has 48 heavy (non-hydrogen) atoms. The minimum atomic E-state index is -0.808. The lowest BCUT2D eigenvalue weighted by Crippen LogP contribution is -3.00. The number of tetrazole rings is 1. The highest BCUT2D eigenvalue weighted by molar-refractivity contribution is 5.81. The molecule has 0 saturated carbocycles. The largest absolute Gasteiger partial charge is 1.00 e. The molecular weight excluding hydrogens is 660 g/mol. The average Bonchev–Trinajstić information content (AvgIpc) is 3.60. The summed E-state index contributed by atoms with van der Waals surface area (Å²) in [6.07, 6.45) is 0. The third-order valence-electron chi connectivity index (χ3n) is 10.0. The summed E-state index contributed by atoms with van der Waals surface area (Å²) in [5.74, 6) is 0.712. The predicted molar refractivity (Wildman–Crippen MR) is 182 cm³/mol. The highest BCUT2D eigenvalue weighted by Crippen LogP contribution is 2.43. The normalized spacial score (nSPS) is 22.7. The van der Waals surface area contributed by atoms with E-state index in [1.807, 2.05) is 4.68 Å². The van der Waals surface area contributed by atoms with Gasteiger partial charge < -0.3 is 17.0 Å². The zero-order valence-corrected chi connectivity index (χ0v) is 28.3. The van der Waals surface area contributed by atoms with Crippen LogP contribution in [-0.2, 0) is 12.1 Å². The first-order valence-electron chi connectivity index (χ1n) is 16.4. The second-order valence-corrected chi connectivity index (χ2v) is 13.3. The van der Waals surface area contributed by atoms with E-state index in [4.69, 9.17) is 10.3 Å². The average molecular weight is 698 g/mol. The van der Waals surface area contributed by atoms with Gasteiger partial charge in [0.15, 0.2) is 5.82 Å². The zero-order valence-electron chi connectivity index (χ0n) is 26.7. The lowest BCUT2D eigenvalue weighted by Gasteiger charge is -2.60. The third-order valence-corrected chi connectivity index (χ3v) is 10.0. The summed E-state index contributed by atoms with van der Waals surface area (Å²) in [6.45, 7) is 7.74. The lowest BCUT2D eigenvalue weighted by atomic mass is 9.77. The van der Waals surface area contributed by atoms with Gasteiger partial charge in [-0.15, -0.1) is 5.10 Å². The zero-order chi connectivity index (χ0) is 31.3. The molecule has 0 spiro atoms. The Morgan fingerprint density at radius 3 is 1.50 bits per heavy atom. The predicted octanol–water partition coefficient (Wildman–Crippen LogP) is 2.86. The number of halogens is 1. The Morgan fingerprint density at radius 1 is 0.542 bits per heavy atom. The van der Waals surface area contributed by atoms with Crippen molar-refractivity contribution in [2.75, 3.05) is 40.0 Å². The SMILES string of the molecule is [Br-].c1ccc(C(c2ccccc2)(c2ccccc2)n2nnnc2-c2ccccc2-c2ccc(C[N+]34CN5CN(CN(C5)C3)C4)cc2)cc1. The van der Waals surface area contributed by atoms with E-state index < -0.39 is 5.54 Å². The molecule has 0 radical (unpaired) electrons. The molecular formula is C39H37BrN8. The summed E-state index contributed by atoms with van der Waals surface area (Å²) in [5.41, 5.74) is 7.06. The summed E-state index contributed by atoms with van der Waals surface area (Å²) in [6, 6.07) is 49.4. The Labute approximate surface area is 291 Å². The van der Waals surface area contributed by atoms with Crippen LogP contribution in [0.3, 0.4) is 0 Å². The molecule has 0 N–H and O–H groups in total. The minimum absolute atomic E-state index is 0. The number of benzene rings is 5. The highest BCUT2D eigenvalue weighted by Gasteiger charge is 2.48. The molecule has 9 heteroatoms. The molecule has 6 aromatic rings. The van der Waals surface area contributed by atoms with Gasteiger partial charge in [0.05, 0.1) is 20.0 Å². The topological polar surface area (TPSA) is 53.3 Å². The second kappa shape index (κ2) is 12.5. The van der Waals surface area contributed by atoms with Crippen molar-refractivity contribution in [2.45, 2.75) is 12.1 Å². The van der Waals surface area contributed by atoms with Crippen molar-refractivity contribution in [1.29, 1.82) is 0 Å². The molecule has 1 aromatic heterocycles. The Kier molecular flexibility index (Phi) is 8.02. The van der Waals surface area contributed by atoms with Crippen molar-refractivity contribution < 1.29 is 21.5 Å². The van der Waals surface area contributed by atoms with E-state index in [1.54, 1.807) is 0 Å². The van der Waals surface area contributed by atoms with E-state index in [-0.39, 0.29) is 17.0 Å². The molecule has 5 heterocycles. The van der Waals surface area contributed by atoms with Gasteiger partial charge in [-0.3, -0.25) is 4.48 Å². The fraction of sp³-hybridized carbons (Fsp3) is 0.205. The fourth-order valence-corrected chi connectivity index (χ4v) is 8.40. The number of hydrogen-bond donors (Lipinski definition) is 0. The molecule has 4 aliphatic heterocycles. The summed E-state index contributed by atoms with van der Waals surface area (Å²) in [4.78, 5) is 7.73. The molecule has 0 aliphatic carbocycles. The lowest BCUT2D eigenvalue weighted by molar-refractivity contribution is -0.991. The number of rotatable bonds is 8. The van der Waals surface area contributed by atoms with Crippen molar-refractivity contribution >= 4 is 0 Å². The van der Waals surface area contributed by atoms with Gasteiger partial charge in [0.1, 0.15) is 32.1 Å². The molecule has 5 aromatic carbocycles. The first-order valence-corrected chi connectivity index (χ1v) is 16.4. The van der Waals surface area contributed by atoms with Crippen LogP contribution >= 0.6 is 0 Å². The maximum Gasteiger partial charge on any atom is 0.184 e. The minimum Gasteiger partial charge on any atom is -1.00 e. The summed E-state index contributed by atoms with van der Waals surface area (Å²) < 4.78 is 3.11. The van der Waals surface area contributed by atoms with Crippen LogP contribution in [0.2, 0.25) is 0 Å². The van der Waals surface area contributed by atoms with Gasteiger partial charge in [-0.1, -0.05) is 140 Å². The second-order valence-electron chi connectivity index (χ2n) is 13.3. The molecule has 240 valence electrons. The molecule has 4 aliphatic rings. The third kappa shape index (κ3) is 5.19. The van der Waals surface area contributed by atoms with Crippen LogP contribution in [0.15, 0.2) is 140 Å². The Bertz CT molecular complexity index is 1870. The van der Waals surface area contributed by atoms with Crippen molar-refractivity contribution in [3.05, 3.63) is 162 Å². The van der Waals surface area contributed by atoms with Gasteiger partial charge in [0.2, 0.25) is 0 Å². The monoisotopic (exact) mass is 696 g/mol. The fourth-order valence-electron chi connectivity index (χ4n) is 8.40. The summed E-state index contributed by atoms with van der Waals surface area (Å²) in [5, 5.41) is 13.9. The Morgan fingerprint density at radius 2 is 1.00 bits per heavy atom. The molecule has 0 amide bonds. The standard InChI is InChI=1S/C39H37N8.BrH/c1-4-12-33(13-5-1)39(34-14-6-2-7-15-34,35-16-8-3-9-17-35)46-38(40-41-42-46)37-19-11-10-18-36(37)32-22-20-31(21-23-32)24-47-28-43-25-44(29-47)27-45(26-43)30-47;/h1-23H,24-30H2;1H/q+1;/p-1. The van der Waals surface area contributed by atoms with E-state index in [2.05, 4.69) is 159 Å². The van der Waals surface area contributed by atoms with Crippen LogP contribution in [0.1, 0.15) is 22.3 Å². The number of hydrogen-bond acceptors (Lipinski definition) is 6. The summed E-state index contributed by atoms with van der Waals surface area (Å²) in [7, 11) is 0. The van der Waals surface area contributed by atoms with Crippen molar-refractivity contribution in [1.82, 2.24) is 34.9 Å². The first kappa shape index (κ1) is 30.8. The Hall–Kier alpha value is -4.51. The first-order chi connectivity index (χ1) is 23.2. The van der Waals surface area contributed by atoms with Gasteiger partial charge in [0.25, 0.3) is 0 Å². The van der Waals surface area contributed by atoms with Crippen LogP contribution in [-0.4, -0.2) is 79.4 Å². The molecule has 8 nitrogen and oxygen atoms in total. The van der Waals surface area contributed by atoms with Crippen LogP contribution in [0, 0.1) is 0 Å². The maximum atomic E-state index is 4.79. The van der Waals surface area contributed by atoms with Crippen LogP contribution in [0.4, 0.5) is 0 Å². The summed E-state index contributed by atoms with van der Waals surface area (Å²) >= 11 is 0.